The summed E-state index contributed by atoms with van der Waals surface area (Å²) in [5.41, 5.74) is 16.1. The molecule has 0 radical (unpaired) electrons. The molecule has 0 amide bonds. The molecule has 0 saturated heterocycles. The molecule has 0 aliphatic rings. The second-order valence-electron chi connectivity index (χ2n) is 46.4. The molecule has 8 rings (SSSR count). The molecule has 0 atom stereocenters. The van der Waals surface area contributed by atoms with Crippen LogP contribution < -0.4 is 0 Å². The van der Waals surface area contributed by atoms with E-state index < -0.39 is 0 Å². The molecule has 0 aliphatic heterocycles. The van der Waals surface area contributed by atoms with Gasteiger partial charge in [-0.15, -0.1) is 10.2 Å². The van der Waals surface area contributed by atoms with Crippen molar-refractivity contribution < 1.29 is 0 Å². The van der Waals surface area contributed by atoms with Crippen molar-refractivity contribution in [1.29, 1.82) is 0 Å². The van der Waals surface area contributed by atoms with Crippen molar-refractivity contribution in [3.63, 3.8) is 0 Å². The van der Waals surface area contributed by atoms with Crippen LogP contribution in [-0.4, -0.2) is 65.3 Å². The molecule has 13 nitrogen and oxygen atoms in total. The van der Waals surface area contributed by atoms with Gasteiger partial charge in [-0.05, 0) is 90.2 Å². The number of nitrogens with zero attached hydrogens (tertiary/aromatic N) is 13. The van der Waals surface area contributed by atoms with E-state index in [-0.39, 0.29) is 65.0 Å². The van der Waals surface area contributed by atoms with Crippen LogP contribution in [-0.2, 0) is 65.0 Å². The number of benzene rings is 2. The average Bonchev–Trinajstić information content (AvgIpc) is 0.845. The monoisotopic (exact) mass is 1540 g/mol. The Hall–Kier alpha value is -7.15. The van der Waals surface area contributed by atoms with E-state index in [1.807, 2.05) is 49.9 Å². The Kier molecular flexibility index (Phi) is 43.5. The first-order chi connectivity index (χ1) is 49.7. The summed E-state index contributed by atoms with van der Waals surface area (Å²) in [6.07, 6.45) is 19.4. The number of hydrogen-bond acceptors (Lipinski definition) is 13. The molecule has 0 N–H and O–H groups in total. The predicted octanol–water partition coefficient (Wildman–Crippen LogP) is 27.7. The first kappa shape index (κ1) is 109. The third-order valence-electron chi connectivity index (χ3n) is 14.8. The maximum Gasteiger partial charge on any atom is 0.156 e. The molecule has 630 valence electrons. The number of pyridine rings is 1. The van der Waals surface area contributed by atoms with Gasteiger partial charge in [0.2, 0.25) is 0 Å². The molecule has 0 spiro atoms. The molecular formula is C99H169N13. The maximum absolute atomic E-state index is 4.65. The van der Waals surface area contributed by atoms with Gasteiger partial charge in [0, 0.05) is 87.5 Å². The van der Waals surface area contributed by atoms with E-state index in [1.165, 1.54) is 27.8 Å². The van der Waals surface area contributed by atoms with Crippen molar-refractivity contribution in [3.8, 4) is 0 Å². The van der Waals surface area contributed by atoms with Crippen LogP contribution >= 0.6 is 0 Å². The summed E-state index contributed by atoms with van der Waals surface area (Å²) >= 11 is 0. The fourth-order valence-electron chi connectivity index (χ4n) is 8.47. The number of aryl methyl sites for hydroxylation is 1. The van der Waals surface area contributed by atoms with Gasteiger partial charge >= 0.3 is 0 Å². The molecule has 0 fully saturated rings. The lowest BCUT2D eigenvalue weighted by atomic mass is 9.75. The highest BCUT2D eigenvalue weighted by Crippen LogP contribution is 2.35. The van der Waals surface area contributed by atoms with Gasteiger partial charge in [0.05, 0.1) is 46.6 Å². The van der Waals surface area contributed by atoms with Crippen LogP contribution in [0.4, 0.5) is 0 Å². The quantitative estimate of drug-likeness (QED) is 0.141. The minimum atomic E-state index is -0.0335. The highest BCUT2D eigenvalue weighted by Gasteiger charge is 2.29. The van der Waals surface area contributed by atoms with E-state index in [2.05, 4.69) is 446 Å². The lowest BCUT2D eigenvalue weighted by Gasteiger charge is -2.29. The highest BCUT2D eigenvalue weighted by molar-refractivity contribution is 5.37. The van der Waals surface area contributed by atoms with E-state index in [4.69, 9.17) is 0 Å². The number of rotatable bonds is 0. The van der Waals surface area contributed by atoms with Crippen molar-refractivity contribution >= 4 is 0 Å². The molecule has 0 aliphatic carbocycles. The Morgan fingerprint density at radius 3 is 0.741 bits per heavy atom. The summed E-state index contributed by atoms with van der Waals surface area (Å²) in [6.45, 7) is 107. The van der Waals surface area contributed by atoms with Crippen LogP contribution in [0.3, 0.4) is 0 Å². The molecule has 13 heteroatoms. The zero-order chi connectivity index (χ0) is 88.8. The Balaban J connectivity index is -0.00000119. The van der Waals surface area contributed by atoms with Crippen molar-refractivity contribution in [2.45, 2.75) is 404 Å². The lowest BCUT2D eigenvalue weighted by Crippen LogP contribution is -2.24. The SMILES string of the molecule is CC(C)(C)C.CC(C)(C)C.CC(C)(C)C.CC(C)(C)c1ccc(C(C)(C)C)cc1.CC(C)(C)c1ccccc1C(C)(C)C.CC(C)(C)c1cncc(C(C)(C)C)n1.CC(C)(C)c1cncnc1.CC(C)(C)c1cnnc(C(C)(C)C)n1.CC(C)(C)c1nccnc1C(C)(C)C.Cc1cnnc(C(C)(C)C)n1.c1ccncc1. The smallest absolute Gasteiger partial charge is 0.156 e. The molecule has 0 saturated carbocycles. The molecule has 6 heterocycles. The van der Waals surface area contributed by atoms with E-state index >= 15 is 0 Å². The summed E-state index contributed by atoms with van der Waals surface area (Å²) in [5.74, 6) is 1.61. The second kappa shape index (κ2) is 44.7. The van der Waals surface area contributed by atoms with Crippen LogP contribution in [0, 0.1) is 23.2 Å². The zero-order valence-electron chi connectivity index (χ0n) is 81.5. The van der Waals surface area contributed by atoms with Crippen LogP contribution in [0.15, 0.2) is 135 Å². The summed E-state index contributed by atoms with van der Waals surface area (Å²) in [4.78, 5) is 38.3. The number of hydrogen-bond donors (Lipinski definition) is 0. The maximum atomic E-state index is 4.65. The Bertz CT molecular complexity index is 3460. The minimum absolute atomic E-state index is 0.000972. The van der Waals surface area contributed by atoms with E-state index in [0.717, 1.165) is 45.8 Å². The second-order valence-corrected chi connectivity index (χ2v) is 46.4. The van der Waals surface area contributed by atoms with Crippen molar-refractivity contribution in [3.05, 3.63) is 209 Å². The van der Waals surface area contributed by atoms with Crippen molar-refractivity contribution in [2.75, 3.05) is 0 Å². The van der Waals surface area contributed by atoms with Crippen LogP contribution in [0.25, 0.3) is 0 Å². The largest absolute Gasteiger partial charge is 0.265 e. The van der Waals surface area contributed by atoms with E-state index in [1.54, 1.807) is 43.5 Å². The van der Waals surface area contributed by atoms with Crippen LogP contribution in [0.5, 0.6) is 0 Å². The van der Waals surface area contributed by atoms with E-state index in [0.29, 0.717) is 16.2 Å². The summed E-state index contributed by atoms with van der Waals surface area (Å²) in [5, 5.41) is 15.9. The van der Waals surface area contributed by atoms with Crippen molar-refractivity contribution in [2.24, 2.45) is 16.2 Å². The zero-order valence-corrected chi connectivity index (χ0v) is 81.5. The standard InChI is InChI=1S/2C14H22.2C12H20N2.C11H19N3.C8H13N3.C8H12N2.C5H5N.3C5H12/c1-13(2,3)11-7-9-12(10-8-11)14(4,5)6;1-13(2,3)11-9-7-8-10-12(11)14(4,5)6;1-11(2,3)9-7-13-8-10(14-9)12(4,5)6;1-11(2,3)9-10(12(4,5)6)14-8-7-13-9;1-10(2,3)8-7-12-14-9(13-8)11(4,5)6;1-6-5-9-11-7(10-6)8(2,3)4;1-8(2,3)7-4-9-6-10-5-7;1-2-4-6-5-3-1;3*1-5(2,3)4/h2*7-10H,1-6H3;2*7-8H,1-6H3;7H,1-6H3;5H,1-4H3;4-6H,1-3H3;1-5H;3*1-4H3. The Labute approximate surface area is 690 Å². The fourth-order valence-corrected chi connectivity index (χ4v) is 8.47. The normalized spacial score (nSPS) is 12.3. The average molecular weight is 1540 g/mol. The van der Waals surface area contributed by atoms with E-state index in [9.17, 15) is 0 Å². The first-order valence-electron chi connectivity index (χ1n) is 40.5. The molecule has 6 aromatic heterocycles. The summed E-state index contributed by atoms with van der Waals surface area (Å²) in [7, 11) is 0. The fraction of sp³-hybridized carbons (Fsp3) is 0.646. The van der Waals surface area contributed by atoms with Crippen molar-refractivity contribution in [1.82, 2.24) is 65.3 Å². The minimum Gasteiger partial charge on any atom is -0.265 e. The van der Waals surface area contributed by atoms with Gasteiger partial charge in [0.15, 0.2) is 11.6 Å². The molecule has 0 bridgehead atoms. The molecule has 8 aromatic rings. The Morgan fingerprint density at radius 2 is 0.518 bits per heavy atom. The highest BCUT2D eigenvalue weighted by atomic mass is 15.2. The van der Waals surface area contributed by atoms with Gasteiger partial charge in [-0.1, -0.05) is 387 Å². The van der Waals surface area contributed by atoms with Gasteiger partial charge in [-0.2, -0.15) is 10.2 Å². The van der Waals surface area contributed by atoms with Gasteiger partial charge < -0.3 is 0 Å². The third kappa shape index (κ3) is 53.8. The van der Waals surface area contributed by atoms with Gasteiger partial charge in [-0.3, -0.25) is 24.9 Å². The summed E-state index contributed by atoms with van der Waals surface area (Å²) in [6, 6.07) is 23.5. The first-order valence-corrected chi connectivity index (χ1v) is 40.5. The topological polar surface area (TPSA) is 168 Å². The van der Waals surface area contributed by atoms with Crippen LogP contribution in [0.2, 0.25) is 0 Å². The number of aromatic nitrogens is 13. The molecule has 112 heavy (non-hydrogen) atoms. The lowest BCUT2D eigenvalue weighted by molar-refractivity contribution is 0.469. The molecular weight excluding hydrogens is 1370 g/mol. The molecule has 2 aromatic carbocycles. The summed E-state index contributed by atoms with van der Waals surface area (Å²) < 4.78 is 0. The Morgan fingerprint density at radius 1 is 0.223 bits per heavy atom. The molecule has 0 unspecified atom stereocenters. The predicted molar refractivity (Wildman–Crippen MR) is 487 cm³/mol. The van der Waals surface area contributed by atoms with Gasteiger partial charge in [0.1, 0.15) is 6.33 Å². The van der Waals surface area contributed by atoms with Gasteiger partial charge in [0.25, 0.3) is 0 Å². The third-order valence-corrected chi connectivity index (χ3v) is 14.8. The van der Waals surface area contributed by atoms with Crippen LogP contribution in [0.1, 0.15) is 406 Å². The van der Waals surface area contributed by atoms with Gasteiger partial charge in [-0.25, -0.2) is 19.9 Å².